The van der Waals surface area contributed by atoms with Crippen molar-refractivity contribution in [3.8, 4) is 0 Å². The van der Waals surface area contributed by atoms with Gasteiger partial charge in [0.1, 0.15) is 24.1 Å². The fourth-order valence-corrected chi connectivity index (χ4v) is 6.05. The zero-order valence-corrected chi connectivity index (χ0v) is 20.8. The topological polar surface area (TPSA) is 273 Å². The van der Waals surface area contributed by atoms with Crippen LogP contribution in [0.25, 0.3) is 0 Å². The summed E-state index contributed by atoms with van der Waals surface area (Å²) in [5.74, 6) is -0.684. The molecule has 6 atom stereocenters. The predicted octanol–water partition coefficient (Wildman–Crippen LogP) is -0.542. The molecule has 1 aliphatic rings. The van der Waals surface area contributed by atoms with Crippen molar-refractivity contribution in [2.24, 2.45) is 0 Å². The summed E-state index contributed by atoms with van der Waals surface area (Å²) in [5.41, 5.74) is -0.722. The summed E-state index contributed by atoms with van der Waals surface area (Å²) in [4.78, 5) is 64.0. The lowest BCUT2D eigenvalue weighted by atomic mass is 10.1. The van der Waals surface area contributed by atoms with Gasteiger partial charge in [-0.1, -0.05) is 18.2 Å². The predicted molar refractivity (Wildman–Crippen MR) is 119 cm³/mol. The first-order valence-corrected chi connectivity index (χ1v) is 14.3. The molecule has 18 nitrogen and oxygen atoms in total. The van der Waals surface area contributed by atoms with Crippen molar-refractivity contribution in [1.82, 2.24) is 9.55 Å². The Morgan fingerprint density at radius 2 is 1.65 bits per heavy atom. The third-order valence-corrected chi connectivity index (χ3v) is 8.34. The van der Waals surface area contributed by atoms with Gasteiger partial charge in [0.15, 0.2) is 6.23 Å². The number of anilines is 1. The normalized spacial score (nSPS) is 25.2. The SMILES string of the molecule is O=C(Nc1ccn([C@@H]2O[C@H](COP(=O)(O)OP(=O)(O)OP(=O)(O)O)[C@@H](O)[C@H]2O)c(=O)n1)c1ccccc1. The largest absolute Gasteiger partial charge is 0.490 e. The summed E-state index contributed by atoms with van der Waals surface area (Å²) >= 11 is 0. The number of phosphoric ester groups is 1. The average molecular weight is 587 g/mol. The van der Waals surface area contributed by atoms with Crippen LogP contribution >= 0.6 is 23.5 Å². The van der Waals surface area contributed by atoms with Gasteiger partial charge >= 0.3 is 29.2 Å². The Labute approximate surface area is 206 Å². The molecule has 1 aromatic carbocycles. The number of hydrogen-bond acceptors (Lipinski definition) is 12. The number of aromatic nitrogens is 2. The van der Waals surface area contributed by atoms with E-state index in [-0.39, 0.29) is 5.82 Å². The maximum atomic E-state index is 12.4. The van der Waals surface area contributed by atoms with Crippen LogP contribution in [0.1, 0.15) is 16.6 Å². The van der Waals surface area contributed by atoms with Gasteiger partial charge in [0.05, 0.1) is 6.61 Å². The summed E-state index contributed by atoms with van der Waals surface area (Å²) in [6, 6.07) is 9.22. The Bertz CT molecular complexity index is 1330. The third-order valence-electron chi connectivity index (χ3n) is 4.54. The van der Waals surface area contributed by atoms with E-state index in [4.69, 9.17) is 19.4 Å². The zero-order chi connectivity index (χ0) is 27.6. The van der Waals surface area contributed by atoms with E-state index in [2.05, 4.69) is 23.4 Å². The Balaban J connectivity index is 1.65. The molecule has 0 spiro atoms. The molecule has 2 unspecified atom stereocenters. The lowest BCUT2D eigenvalue weighted by molar-refractivity contribution is -0.0541. The third kappa shape index (κ3) is 8.17. The Morgan fingerprint density at radius 3 is 2.24 bits per heavy atom. The number of hydrogen-bond donors (Lipinski definition) is 7. The van der Waals surface area contributed by atoms with Crippen molar-refractivity contribution in [2.75, 3.05) is 11.9 Å². The van der Waals surface area contributed by atoms with Gasteiger partial charge in [-0.15, -0.1) is 0 Å². The second-order valence-electron chi connectivity index (χ2n) is 7.26. The Kier molecular flexibility index (Phi) is 8.99. The van der Waals surface area contributed by atoms with Crippen LogP contribution in [0, 0.1) is 0 Å². The maximum Gasteiger partial charge on any atom is 0.490 e. The molecule has 204 valence electrons. The number of nitrogens with zero attached hydrogens (tertiary/aromatic N) is 2. The highest BCUT2D eigenvalue weighted by molar-refractivity contribution is 7.66. The first-order valence-electron chi connectivity index (χ1n) is 9.82. The molecular formula is C16H20N3O15P3. The van der Waals surface area contributed by atoms with Gasteiger partial charge in [-0.2, -0.15) is 13.6 Å². The number of phosphoric acid groups is 3. The number of aliphatic hydroxyl groups excluding tert-OH is 2. The van der Waals surface area contributed by atoms with Crippen LogP contribution in [-0.2, 0) is 31.6 Å². The lowest BCUT2D eigenvalue weighted by Gasteiger charge is -2.19. The monoisotopic (exact) mass is 587 g/mol. The molecule has 7 N–H and O–H groups in total. The van der Waals surface area contributed by atoms with E-state index in [9.17, 15) is 38.4 Å². The molecule has 1 aliphatic heterocycles. The van der Waals surface area contributed by atoms with Crippen molar-refractivity contribution < 1.29 is 66.2 Å². The minimum Gasteiger partial charge on any atom is -0.387 e. The van der Waals surface area contributed by atoms with E-state index in [1.165, 1.54) is 18.2 Å². The molecule has 21 heteroatoms. The van der Waals surface area contributed by atoms with Gasteiger partial charge in [-0.3, -0.25) is 13.9 Å². The van der Waals surface area contributed by atoms with Crippen LogP contribution in [0.3, 0.4) is 0 Å². The average Bonchev–Trinajstić information content (AvgIpc) is 3.04. The fourth-order valence-electron chi connectivity index (χ4n) is 3.02. The van der Waals surface area contributed by atoms with Crippen LogP contribution in [0.2, 0.25) is 0 Å². The number of nitrogens with one attached hydrogen (secondary N) is 1. The van der Waals surface area contributed by atoms with Crippen LogP contribution in [0.5, 0.6) is 0 Å². The van der Waals surface area contributed by atoms with Gasteiger partial charge in [0.25, 0.3) is 5.91 Å². The lowest BCUT2D eigenvalue weighted by Crippen LogP contribution is -2.36. The number of ether oxygens (including phenoxy) is 1. The molecule has 1 aromatic heterocycles. The molecule has 2 heterocycles. The summed E-state index contributed by atoms with van der Waals surface area (Å²) in [6.45, 7) is -1.06. The summed E-state index contributed by atoms with van der Waals surface area (Å²) in [7, 11) is -16.9. The number of carbonyl (C=O) groups is 1. The first-order chi connectivity index (χ1) is 17.1. The molecule has 0 aliphatic carbocycles. The highest BCUT2D eigenvalue weighted by Crippen LogP contribution is 2.66. The first kappa shape index (κ1) is 29.4. The summed E-state index contributed by atoms with van der Waals surface area (Å²) < 4.78 is 51.4. The van der Waals surface area contributed by atoms with E-state index < -0.39 is 66.2 Å². The van der Waals surface area contributed by atoms with Gasteiger partial charge < -0.3 is 39.8 Å². The Hall–Kier alpha value is -2.14. The van der Waals surface area contributed by atoms with Crippen molar-refractivity contribution in [3.63, 3.8) is 0 Å². The van der Waals surface area contributed by atoms with Crippen LogP contribution in [0.4, 0.5) is 5.82 Å². The summed E-state index contributed by atoms with van der Waals surface area (Å²) in [6.07, 6.45) is -5.71. The molecule has 3 rings (SSSR count). The molecule has 37 heavy (non-hydrogen) atoms. The number of rotatable bonds is 10. The van der Waals surface area contributed by atoms with E-state index in [0.717, 1.165) is 10.8 Å². The molecule has 2 aromatic rings. The second-order valence-corrected chi connectivity index (χ2v) is 11.7. The number of aliphatic hydroxyl groups is 2. The number of carbonyl (C=O) groups excluding carboxylic acids is 1. The standard InChI is InChI=1S/C16H20N3O15P3/c20-12-10(8-31-36(27,28)34-37(29,30)33-35(24,25)26)32-15(13(12)21)19-7-6-11(18-16(19)23)17-14(22)9-4-2-1-3-5-9/h1-7,10,12-13,15,20-21H,8H2,(H,27,28)(H,29,30)(H2,24,25,26)(H,17,18,22,23)/t10-,12-,13-,15-/m1/s1. The van der Waals surface area contributed by atoms with Crippen molar-refractivity contribution in [1.29, 1.82) is 0 Å². The van der Waals surface area contributed by atoms with Gasteiger partial charge in [0, 0.05) is 11.8 Å². The van der Waals surface area contributed by atoms with E-state index in [1.807, 2.05) is 0 Å². The fraction of sp³-hybridized carbons (Fsp3) is 0.312. The highest BCUT2D eigenvalue weighted by atomic mass is 31.3. The Morgan fingerprint density at radius 1 is 1.00 bits per heavy atom. The molecular weight excluding hydrogens is 567 g/mol. The zero-order valence-electron chi connectivity index (χ0n) is 18.2. The minimum absolute atomic E-state index is 0.132. The van der Waals surface area contributed by atoms with Crippen LogP contribution in [-0.4, -0.2) is 70.2 Å². The molecule has 0 radical (unpaired) electrons. The van der Waals surface area contributed by atoms with E-state index >= 15 is 0 Å². The van der Waals surface area contributed by atoms with E-state index in [1.54, 1.807) is 18.2 Å². The summed E-state index contributed by atoms with van der Waals surface area (Å²) in [5, 5.41) is 22.8. The van der Waals surface area contributed by atoms with Crippen LogP contribution in [0.15, 0.2) is 47.4 Å². The quantitative estimate of drug-likeness (QED) is 0.172. The van der Waals surface area contributed by atoms with Gasteiger partial charge in [-0.25, -0.2) is 18.5 Å². The molecule has 1 fully saturated rings. The van der Waals surface area contributed by atoms with Crippen LogP contribution < -0.4 is 11.0 Å². The number of benzene rings is 1. The molecule has 0 saturated carbocycles. The van der Waals surface area contributed by atoms with Gasteiger partial charge in [-0.05, 0) is 18.2 Å². The van der Waals surface area contributed by atoms with E-state index in [0.29, 0.717) is 5.56 Å². The van der Waals surface area contributed by atoms with Crippen molar-refractivity contribution in [3.05, 3.63) is 58.6 Å². The molecule has 0 bridgehead atoms. The molecule has 1 amide bonds. The second kappa shape index (κ2) is 11.3. The minimum atomic E-state index is -5.76. The van der Waals surface area contributed by atoms with Crippen molar-refractivity contribution >= 4 is 35.2 Å². The maximum absolute atomic E-state index is 12.4. The smallest absolute Gasteiger partial charge is 0.387 e. The van der Waals surface area contributed by atoms with Crippen molar-refractivity contribution in [2.45, 2.75) is 24.5 Å². The highest BCUT2D eigenvalue weighted by Gasteiger charge is 2.46. The molecule has 1 saturated heterocycles. The van der Waals surface area contributed by atoms with Gasteiger partial charge in [0.2, 0.25) is 0 Å². The number of amides is 1.